The van der Waals surface area contributed by atoms with Crippen LogP contribution in [0.4, 0.5) is 11.4 Å². The van der Waals surface area contributed by atoms with Crippen molar-refractivity contribution in [1.82, 2.24) is 4.72 Å². The van der Waals surface area contributed by atoms with Gasteiger partial charge in [0.15, 0.2) is 0 Å². The van der Waals surface area contributed by atoms with Gasteiger partial charge in [0.05, 0.1) is 22.4 Å². The number of nitrogens with two attached hydrogens (primary N) is 1. The van der Waals surface area contributed by atoms with Crippen molar-refractivity contribution in [3.05, 3.63) is 18.2 Å². The van der Waals surface area contributed by atoms with Crippen molar-refractivity contribution in [2.75, 3.05) is 24.6 Å². The minimum absolute atomic E-state index is 0.113. The van der Waals surface area contributed by atoms with Crippen LogP contribution in [-0.4, -0.2) is 33.2 Å². The molecular formula is C12H21N3O3S. The zero-order valence-electron chi connectivity index (χ0n) is 11.3. The van der Waals surface area contributed by atoms with Gasteiger partial charge in [-0.15, -0.1) is 0 Å². The Morgan fingerprint density at radius 3 is 2.47 bits per heavy atom. The Morgan fingerprint density at radius 2 is 2.00 bits per heavy atom. The maximum absolute atomic E-state index is 11.6. The normalized spacial score (nSPS) is 13.5. The predicted molar refractivity (Wildman–Crippen MR) is 76.4 cm³/mol. The first-order chi connectivity index (χ1) is 8.77. The zero-order chi connectivity index (χ0) is 14.6. The molecular weight excluding hydrogens is 266 g/mol. The number of anilines is 2. The van der Waals surface area contributed by atoms with Crippen molar-refractivity contribution in [3.8, 4) is 0 Å². The van der Waals surface area contributed by atoms with Gasteiger partial charge in [-0.2, -0.15) is 0 Å². The molecule has 0 saturated heterocycles. The van der Waals surface area contributed by atoms with Gasteiger partial charge in [0, 0.05) is 6.54 Å². The summed E-state index contributed by atoms with van der Waals surface area (Å²) in [5.74, 6) is 0.137. The predicted octanol–water partition coefficient (Wildman–Crippen LogP) is 0.606. The fourth-order valence-corrected chi connectivity index (χ4v) is 2.20. The number of hydrogen-bond acceptors (Lipinski definition) is 5. The molecule has 7 heteroatoms. The van der Waals surface area contributed by atoms with E-state index >= 15 is 0 Å². The first-order valence-corrected chi connectivity index (χ1v) is 7.51. The van der Waals surface area contributed by atoms with Gasteiger partial charge in [0.1, 0.15) is 0 Å². The minimum Gasteiger partial charge on any atom is -0.397 e. The Bertz CT molecular complexity index is 529. The van der Waals surface area contributed by atoms with E-state index in [2.05, 4.69) is 10.0 Å². The van der Waals surface area contributed by atoms with Gasteiger partial charge in [0.2, 0.25) is 10.0 Å². The Hall–Kier alpha value is -1.31. The minimum atomic E-state index is -3.49. The summed E-state index contributed by atoms with van der Waals surface area (Å²) in [6, 6.07) is 4.44. The van der Waals surface area contributed by atoms with Gasteiger partial charge in [-0.25, -0.2) is 13.1 Å². The molecule has 1 aromatic carbocycles. The van der Waals surface area contributed by atoms with Crippen molar-refractivity contribution in [2.24, 2.45) is 5.92 Å². The molecule has 0 heterocycles. The van der Waals surface area contributed by atoms with Crippen LogP contribution >= 0.6 is 0 Å². The van der Waals surface area contributed by atoms with E-state index in [4.69, 9.17) is 5.73 Å². The van der Waals surface area contributed by atoms with Crippen molar-refractivity contribution >= 4 is 21.4 Å². The van der Waals surface area contributed by atoms with Crippen molar-refractivity contribution < 1.29 is 13.5 Å². The SMILES string of the molecule is CNS(=O)(=O)c1ccc(NCC(O)C(C)C)c(N)c1. The molecule has 1 atom stereocenters. The van der Waals surface area contributed by atoms with Crippen LogP contribution in [0.1, 0.15) is 13.8 Å². The highest BCUT2D eigenvalue weighted by Crippen LogP contribution is 2.22. The summed E-state index contributed by atoms with van der Waals surface area (Å²) in [5, 5.41) is 12.7. The average molecular weight is 287 g/mol. The summed E-state index contributed by atoms with van der Waals surface area (Å²) in [7, 11) is -2.15. The highest BCUT2D eigenvalue weighted by atomic mass is 32.2. The highest BCUT2D eigenvalue weighted by Gasteiger charge is 2.14. The van der Waals surface area contributed by atoms with E-state index in [0.717, 1.165) is 0 Å². The van der Waals surface area contributed by atoms with E-state index in [1.807, 2.05) is 13.8 Å². The molecule has 108 valence electrons. The molecule has 1 aromatic rings. The summed E-state index contributed by atoms with van der Waals surface area (Å²) in [5.41, 5.74) is 6.73. The summed E-state index contributed by atoms with van der Waals surface area (Å²) in [4.78, 5) is 0.113. The quantitative estimate of drug-likeness (QED) is 0.574. The molecule has 0 spiro atoms. The molecule has 0 aliphatic carbocycles. The lowest BCUT2D eigenvalue weighted by atomic mass is 10.1. The lowest BCUT2D eigenvalue weighted by molar-refractivity contribution is 0.138. The largest absolute Gasteiger partial charge is 0.397 e. The van der Waals surface area contributed by atoms with E-state index < -0.39 is 16.1 Å². The van der Waals surface area contributed by atoms with Crippen LogP contribution in [-0.2, 0) is 10.0 Å². The number of aliphatic hydroxyl groups excluding tert-OH is 1. The van der Waals surface area contributed by atoms with Crippen molar-refractivity contribution in [1.29, 1.82) is 0 Å². The van der Waals surface area contributed by atoms with E-state index in [-0.39, 0.29) is 10.8 Å². The molecule has 0 aliphatic rings. The summed E-state index contributed by atoms with van der Waals surface area (Å²) in [6.07, 6.45) is -0.486. The molecule has 0 saturated carbocycles. The van der Waals surface area contributed by atoms with Gasteiger partial charge >= 0.3 is 0 Å². The number of benzene rings is 1. The molecule has 0 bridgehead atoms. The fourth-order valence-electron chi connectivity index (χ4n) is 1.44. The van der Waals surface area contributed by atoms with Crippen LogP contribution in [0.5, 0.6) is 0 Å². The van der Waals surface area contributed by atoms with Crippen molar-refractivity contribution in [2.45, 2.75) is 24.8 Å². The monoisotopic (exact) mass is 287 g/mol. The molecule has 0 aromatic heterocycles. The lowest BCUT2D eigenvalue weighted by Gasteiger charge is -2.17. The number of rotatable bonds is 6. The number of hydrogen-bond donors (Lipinski definition) is 4. The Labute approximate surface area is 114 Å². The molecule has 1 rings (SSSR count). The Kier molecular flexibility index (Phi) is 5.16. The van der Waals surface area contributed by atoms with Gasteiger partial charge in [0.25, 0.3) is 0 Å². The van der Waals surface area contributed by atoms with Crippen LogP contribution in [0, 0.1) is 5.92 Å². The smallest absolute Gasteiger partial charge is 0.240 e. The van der Waals surface area contributed by atoms with Gasteiger partial charge in [-0.3, -0.25) is 0 Å². The summed E-state index contributed by atoms with van der Waals surface area (Å²) < 4.78 is 25.4. The third kappa shape index (κ3) is 4.09. The fraction of sp³-hybridized carbons (Fsp3) is 0.500. The molecule has 0 fully saturated rings. The molecule has 0 amide bonds. The van der Waals surface area contributed by atoms with E-state index in [0.29, 0.717) is 17.9 Å². The topological polar surface area (TPSA) is 104 Å². The third-order valence-electron chi connectivity index (χ3n) is 2.87. The maximum atomic E-state index is 11.6. The van der Waals surface area contributed by atoms with Gasteiger partial charge in [-0.1, -0.05) is 13.8 Å². The van der Waals surface area contributed by atoms with E-state index in [1.54, 1.807) is 6.07 Å². The second kappa shape index (κ2) is 6.23. The Balaban J connectivity index is 2.84. The molecule has 5 N–H and O–H groups in total. The Morgan fingerprint density at radius 1 is 1.37 bits per heavy atom. The van der Waals surface area contributed by atoms with E-state index in [9.17, 15) is 13.5 Å². The number of nitrogen functional groups attached to an aromatic ring is 1. The van der Waals surface area contributed by atoms with Crippen molar-refractivity contribution in [3.63, 3.8) is 0 Å². The second-order valence-corrected chi connectivity index (χ2v) is 6.54. The number of aliphatic hydroxyl groups is 1. The van der Waals surface area contributed by atoms with Crippen LogP contribution in [0.25, 0.3) is 0 Å². The third-order valence-corrected chi connectivity index (χ3v) is 4.29. The molecule has 0 aliphatic heterocycles. The molecule has 1 unspecified atom stereocenters. The standard InChI is InChI=1S/C12H21N3O3S/c1-8(2)12(16)7-15-11-5-4-9(6-10(11)13)19(17,18)14-3/h4-6,8,12,14-16H,7,13H2,1-3H3. The average Bonchev–Trinajstić information content (AvgIpc) is 2.36. The molecule has 19 heavy (non-hydrogen) atoms. The number of sulfonamides is 1. The second-order valence-electron chi connectivity index (χ2n) is 4.65. The zero-order valence-corrected chi connectivity index (χ0v) is 12.2. The first kappa shape index (κ1) is 15.7. The van der Waals surface area contributed by atoms with Crippen LogP contribution in [0.3, 0.4) is 0 Å². The summed E-state index contributed by atoms with van der Waals surface area (Å²) in [6.45, 7) is 4.19. The van der Waals surface area contributed by atoms with Crippen LogP contribution < -0.4 is 15.8 Å². The highest BCUT2D eigenvalue weighted by molar-refractivity contribution is 7.89. The summed E-state index contributed by atoms with van der Waals surface area (Å²) >= 11 is 0. The first-order valence-electron chi connectivity index (χ1n) is 6.03. The molecule has 6 nitrogen and oxygen atoms in total. The van der Waals surface area contributed by atoms with Gasteiger partial charge < -0.3 is 16.2 Å². The van der Waals surface area contributed by atoms with Gasteiger partial charge in [-0.05, 0) is 31.2 Å². The maximum Gasteiger partial charge on any atom is 0.240 e. The van der Waals surface area contributed by atoms with Crippen LogP contribution in [0.2, 0.25) is 0 Å². The molecule has 0 radical (unpaired) electrons. The number of nitrogens with one attached hydrogen (secondary N) is 2. The lowest BCUT2D eigenvalue weighted by Crippen LogP contribution is -2.25. The van der Waals surface area contributed by atoms with Crippen LogP contribution in [0.15, 0.2) is 23.1 Å². The van der Waals surface area contributed by atoms with E-state index in [1.165, 1.54) is 19.2 Å².